The number of hydrogen-bond acceptors (Lipinski definition) is 2. The van der Waals surface area contributed by atoms with Crippen LogP contribution in [0.4, 0.5) is 0 Å². The normalized spacial score (nSPS) is 19.8. The number of benzene rings is 1. The van der Waals surface area contributed by atoms with Crippen molar-refractivity contribution >= 4 is 11.6 Å². The van der Waals surface area contributed by atoms with Crippen LogP contribution in [0.25, 0.3) is 0 Å². The summed E-state index contributed by atoms with van der Waals surface area (Å²) in [6, 6.07) is 8.30. The fraction of sp³-hybridized carbons (Fsp3) is 0.625. The van der Waals surface area contributed by atoms with Crippen LogP contribution in [0.15, 0.2) is 24.3 Å². The predicted molar refractivity (Wildman–Crippen MR) is 80.5 cm³/mol. The van der Waals surface area contributed by atoms with Gasteiger partial charge in [-0.2, -0.15) is 0 Å². The monoisotopic (exact) mass is 281 g/mol. The molecule has 1 aromatic rings. The summed E-state index contributed by atoms with van der Waals surface area (Å²) in [5, 5.41) is 10.5. The van der Waals surface area contributed by atoms with Gasteiger partial charge in [0.1, 0.15) is 0 Å². The van der Waals surface area contributed by atoms with E-state index in [0.717, 1.165) is 30.0 Å². The molecule has 1 N–H and O–H groups in total. The minimum absolute atomic E-state index is 0.101. The minimum atomic E-state index is 0.101. The fourth-order valence-electron chi connectivity index (χ4n) is 3.21. The van der Waals surface area contributed by atoms with E-state index >= 15 is 0 Å². The average Bonchev–Trinajstić information content (AvgIpc) is 2.87. The van der Waals surface area contributed by atoms with Gasteiger partial charge in [-0.25, -0.2) is 0 Å². The van der Waals surface area contributed by atoms with Gasteiger partial charge in [-0.15, -0.1) is 0 Å². The molecule has 1 aliphatic rings. The third kappa shape index (κ3) is 3.31. The van der Waals surface area contributed by atoms with Crippen LogP contribution in [0.2, 0.25) is 5.02 Å². The third-order valence-electron chi connectivity index (χ3n) is 4.60. The molecule has 0 spiro atoms. The SMILES string of the molecule is CC(c1ccccc1Cl)N(C)CC1(CO)CCCC1. The summed E-state index contributed by atoms with van der Waals surface area (Å²) in [6.45, 7) is 3.42. The second-order valence-electron chi connectivity index (χ2n) is 5.98. The molecule has 2 rings (SSSR count). The smallest absolute Gasteiger partial charge is 0.0499 e. The van der Waals surface area contributed by atoms with Crippen LogP contribution in [0.1, 0.15) is 44.2 Å². The summed E-state index contributed by atoms with van der Waals surface area (Å²) < 4.78 is 0. The Morgan fingerprint density at radius 2 is 1.95 bits per heavy atom. The highest BCUT2D eigenvalue weighted by molar-refractivity contribution is 6.31. The van der Waals surface area contributed by atoms with Crippen LogP contribution in [-0.4, -0.2) is 30.2 Å². The van der Waals surface area contributed by atoms with Gasteiger partial charge in [0.05, 0.1) is 0 Å². The molecule has 106 valence electrons. The van der Waals surface area contributed by atoms with E-state index in [0.29, 0.717) is 6.61 Å². The van der Waals surface area contributed by atoms with E-state index < -0.39 is 0 Å². The topological polar surface area (TPSA) is 23.5 Å². The largest absolute Gasteiger partial charge is 0.396 e. The Bertz CT molecular complexity index is 415. The predicted octanol–water partition coefficient (Wildman–Crippen LogP) is 3.89. The number of halogens is 1. The maximum absolute atomic E-state index is 9.72. The van der Waals surface area contributed by atoms with E-state index in [-0.39, 0.29) is 11.5 Å². The number of hydrogen-bond donors (Lipinski definition) is 1. The van der Waals surface area contributed by atoms with E-state index in [2.05, 4.69) is 24.9 Å². The molecule has 0 amide bonds. The molecule has 19 heavy (non-hydrogen) atoms. The second-order valence-corrected chi connectivity index (χ2v) is 6.39. The summed E-state index contributed by atoms with van der Waals surface area (Å²) in [4.78, 5) is 2.32. The summed E-state index contributed by atoms with van der Waals surface area (Å²) in [7, 11) is 2.13. The van der Waals surface area contributed by atoms with Gasteiger partial charge in [0.15, 0.2) is 0 Å². The molecule has 0 saturated heterocycles. The fourth-order valence-corrected chi connectivity index (χ4v) is 3.50. The third-order valence-corrected chi connectivity index (χ3v) is 4.95. The van der Waals surface area contributed by atoms with Crippen molar-refractivity contribution in [3.05, 3.63) is 34.9 Å². The van der Waals surface area contributed by atoms with Crippen LogP contribution < -0.4 is 0 Å². The van der Waals surface area contributed by atoms with Crippen LogP contribution in [-0.2, 0) is 0 Å². The van der Waals surface area contributed by atoms with E-state index in [1.165, 1.54) is 12.8 Å². The van der Waals surface area contributed by atoms with Crippen molar-refractivity contribution in [2.75, 3.05) is 20.2 Å². The zero-order chi connectivity index (χ0) is 13.9. The number of nitrogens with zero attached hydrogens (tertiary/aromatic N) is 1. The minimum Gasteiger partial charge on any atom is -0.396 e. The molecule has 2 nitrogen and oxygen atoms in total. The Morgan fingerprint density at radius 1 is 1.32 bits per heavy atom. The van der Waals surface area contributed by atoms with Gasteiger partial charge in [-0.05, 0) is 38.4 Å². The Morgan fingerprint density at radius 3 is 2.53 bits per heavy atom. The Kier molecular flexibility index (Phi) is 4.88. The quantitative estimate of drug-likeness (QED) is 0.885. The first kappa shape index (κ1) is 14.8. The van der Waals surface area contributed by atoms with Gasteiger partial charge < -0.3 is 5.11 Å². The maximum Gasteiger partial charge on any atom is 0.0499 e. The van der Waals surface area contributed by atoms with Crippen molar-refractivity contribution in [3.8, 4) is 0 Å². The lowest BCUT2D eigenvalue weighted by atomic mass is 9.86. The molecular formula is C16H24ClNO. The zero-order valence-corrected chi connectivity index (χ0v) is 12.7. The first-order valence-electron chi connectivity index (χ1n) is 7.13. The highest BCUT2D eigenvalue weighted by Gasteiger charge is 2.35. The van der Waals surface area contributed by atoms with Crippen molar-refractivity contribution in [3.63, 3.8) is 0 Å². The molecule has 1 fully saturated rings. The molecule has 1 aromatic carbocycles. The molecule has 0 aromatic heterocycles. The highest BCUT2D eigenvalue weighted by Crippen LogP contribution is 2.39. The maximum atomic E-state index is 9.72. The summed E-state index contributed by atoms with van der Waals surface area (Å²) in [6.07, 6.45) is 4.77. The highest BCUT2D eigenvalue weighted by atomic mass is 35.5. The number of aliphatic hydroxyl groups is 1. The Balaban J connectivity index is 2.07. The molecular weight excluding hydrogens is 258 g/mol. The van der Waals surface area contributed by atoms with Gasteiger partial charge in [0.2, 0.25) is 0 Å². The molecule has 0 bridgehead atoms. The Labute approximate surface area is 121 Å². The molecule has 1 atom stereocenters. The van der Waals surface area contributed by atoms with E-state index in [9.17, 15) is 5.11 Å². The first-order valence-corrected chi connectivity index (χ1v) is 7.51. The van der Waals surface area contributed by atoms with Crippen LogP contribution in [0.3, 0.4) is 0 Å². The lowest BCUT2D eigenvalue weighted by Crippen LogP contribution is -2.37. The molecule has 0 heterocycles. The molecule has 0 aliphatic heterocycles. The molecule has 1 unspecified atom stereocenters. The molecule has 1 saturated carbocycles. The van der Waals surface area contributed by atoms with E-state index in [1.54, 1.807) is 0 Å². The number of rotatable bonds is 5. The Hall–Kier alpha value is -0.570. The zero-order valence-electron chi connectivity index (χ0n) is 11.9. The van der Waals surface area contributed by atoms with Gasteiger partial charge >= 0.3 is 0 Å². The van der Waals surface area contributed by atoms with E-state index in [4.69, 9.17) is 11.6 Å². The molecule has 1 aliphatic carbocycles. The second kappa shape index (κ2) is 6.25. The van der Waals surface area contributed by atoms with Crippen LogP contribution in [0.5, 0.6) is 0 Å². The average molecular weight is 282 g/mol. The van der Waals surface area contributed by atoms with Crippen molar-refractivity contribution in [1.29, 1.82) is 0 Å². The standard InChI is InChI=1S/C16H24ClNO/c1-13(14-7-3-4-8-15(14)17)18(2)11-16(12-19)9-5-6-10-16/h3-4,7-8,13,19H,5-6,9-12H2,1-2H3. The molecule has 3 heteroatoms. The van der Waals surface area contributed by atoms with Crippen molar-refractivity contribution < 1.29 is 5.11 Å². The van der Waals surface area contributed by atoms with Gasteiger partial charge in [0, 0.05) is 29.6 Å². The van der Waals surface area contributed by atoms with E-state index in [1.807, 2.05) is 18.2 Å². The van der Waals surface area contributed by atoms with Crippen molar-refractivity contribution in [2.24, 2.45) is 5.41 Å². The summed E-state index contributed by atoms with van der Waals surface area (Å²) in [5.74, 6) is 0. The lowest BCUT2D eigenvalue weighted by molar-refractivity contribution is 0.0746. The molecule has 0 radical (unpaired) electrons. The van der Waals surface area contributed by atoms with Crippen molar-refractivity contribution in [1.82, 2.24) is 4.90 Å². The van der Waals surface area contributed by atoms with Gasteiger partial charge in [0.25, 0.3) is 0 Å². The van der Waals surface area contributed by atoms with Crippen LogP contribution >= 0.6 is 11.6 Å². The van der Waals surface area contributed by atoms with Gasteiger partial charge in [-0.1, -0.05) is 42.6 Å². The van der Waals surface area contributed by atoms with Gasteiger partial charge in [-0.3, -0.25) is 4.90 Å². The first-order chi connectivity index (χ1) is 9.08. The lowest BCUT2D eigenvalue weighted by Gasteiger charge is -2.35. The number of aliphatic hydroxyl groups excluding tert-OH is 1. The summed E-state index contributed by atoms with van der Waals surface area (Å²) in [5.41, 5.74) is 1.27. The summed E-state index contributed by atoms with van der Waals surface area (Å²) >= 11 is 6.27. The van der Waals surface area contributed by atoms with Crippen LogP contribution in [0, 0.1) is 5.41 Å². The van der Waals surface area contributed by atoms with Crippen molar-refractivity contribution in [2.45, 2.75) is 38.6 Å².